The summed E-state index contributed by atoms with van der Waals surface area (Å²) in [6.45, 7) is 7.19. The van der Waals surface area contributed by atoms with Gasteiger partial charge in [0.1, 0.15) is 4.90 Å². The van der Waals surface area contributed by atoms with Gasteiger partial charge in [-0.2, -0.15) is 4.31 Å². The van der Waals surface area contributed by atoms with Crippen LogP contribution in [0.1, 0.15) is 18.4 Å². The van der Waals surface area contributed by atoms with Crippen LogP contribution in [-0.4, -0.2) is 85.8 Å². The van der Waals surface area contributed by atoms with Gasteiger partial charge >= 0.3 is 0 Å². The number of benzene rings is 2. The van der Waals surface area contributed by atoms with Gasteiger partial charge in [0.15, 0.2) is 0 Å². The van der Waals surface area contributed by atoms with Gasteiger partial charge in [0.2, 0.25) is 15.9 Å². The molecule has 0 saturated carbocycles. The van der Waals surface area contributed by atoms with E-state index in [-0.39, 0.29) is 16.7 Å². The van der Waals surface area contributed by atoms with Gasteiger partial charge in [0.05, 0.1) is 5.52 Å². The number of aromatic nitrogens is 1. The van der Waals surface area contributed by atoms with Crippen molar-refractivity contribution in [1.82, 2.24) is 24.4 Å². The maximum absolute atomic E-state index is 13.3. The molecule has 2 aromatic carbocycles. The van der Waals surface area contributed by atoms with Crippen LogP contribution in [0, 0.1) is 5.92 Å². The molecule has 37 heavy (non-hydrogen) atoms. The highest BCUT2D eigenvalue weighted by molar-refractivity contribution is 7.89. The molecular formula is C28H35N5O3S. The Morgan fingerprint density at radius 3 is 2.32 bits per heavy atom. The van der Waals surface area contributed by atoms with Crippen molar-refractivity contribution in [3.05, 3.63) is 72.4 Å². The monoisotopic (exact) mass is 521 g/mol. The molecule has 1 N–H and O–H groups in total. The fourth-order valence-corrected chi connectivity index (χ4v) is 6.91. The quantitative estimate of drug-likeness (QED) is 0.491. The van der Waals surface area contributed by atoms with Crippen molar-refractivity contribution in [3.8, 4) is 0 Å². The highest BCUT2D eigenvalue weighted by Crippen LogP contribution is 2.27. The van der Waals surface area contributed by atoms with Crippen molar-refractivity contribution < 1.29 is 13.2 Å². The third-order valence-corrected chi connectivity index (χ3v) is 9.41. The minimum atomic E-state index is -3.67. The molecule has 0 atom stereocenters. The van der Waals surface area contributed by atoms with E-state index in [0.717, 1.165) is 44.7 Å². The molecule has 2 aliphatic rings. The number of carbonyl (C=O) groups is 1. The predicted molar refractivity (Wildman–Crippen MR) is 144 cm³/mol. The van der Waals surface area contributed by atoms with Gasteiger partial charge in [-0.15, -0.1) is 0 Å². The number of hydrogen-bond donors (Lipinski definition) is 1. The standard InChI is InChI=1S/C28H35N5O3S/c34-28(30-14-17-31-18-20-32(21-19-31)22-23-6-2-1-3-7-23)25-11-15-33(16-12-25)37(35,36)26-10-4-8-24-9-5-13-29-27(24)26/h1-10,13,25H,11-12,14-22H2,(H,30,34). The van der Waals surface area contributed by atoms with Crippen LogP contribution in [0.2, 0.25) is 0 Å². The lowest BCUT2D eigenvalue weighted by atomic mass is 9.97. The van der Waals surface area contributed by atoms with E-state index in [0.29, 0.717) is 38.0 Å². The van der Waals surface area contributed by atoms with E-state index in [1.165, 1.54) is 9.87 Å². The number of hydrogen-bond acceptors (Lipinski definition) is 6. The van der Waals surface area contributed by atoms with Gasteiger partial charge in [-0.1, -0.05) is 48.5 Å². The summed E-state index contributed by atoms with van der Waals surface area (Å²) in [5, 5.41) is 3.89. The summed E-state index contributed by atoms with van der Waals surface area (Å²) in [6.07, 6.45) is 2.67. The fourth-order valence-electron chi connectivity index (χ4n) is 5.28. The first-order chi connectivity index (χ1) is 18.0. The number of carbonyl (C=O) groups excluding carboxylic acids is 1. The number of para-hydroxylation sites is 1. The molecule has 0 aliphatic carbocycles. The highest BCUT2D eigenvalue weighted by Gasteiger charge is 2.33. The molecule has 196 valence electrons. The van der Waals surface area contributed by atoms with Crippen LogP contribution in [0.4, 0.5) is 0 Å². The third-order valence-electron chi connectivity index (χ3n) is 7.48. The van der Waals surface area contributed by atoms with Gasteiger partial charge < -0.3 is 5.32 Å². The molecule has 1 aromatic heterocycles. The zero-order valence-corrected chi connectivity index (χ0v) is 21.9. The molecule has 0 bridgehead atoms. The molecule has 2 fully saturated rings. The number of fused-ring (bicyclic) bond motifs is 1. The van der Waals surface area contributed by atoms with Crippen molar-refractivity contribution in [1.29, 1.82) is 0 Å². The molecule has 0 radical (unpaired) electrons. The molecule has 3 aromatic rings. The zero-order chi connectivity index (χ0) is 25.7. The second-order valence-corrected chi connectivity index (χ2v) is 11.8. The van der Waals surface area contributed by atoms with E-state index in [1.807, 2.05) is 18.2 Å². The molecule has 1 amide bonds. The maximum atomic E-state index is 13.3. The van der Waals surface area contributed by atoms with E-state index in [4.69, 9.17) is 0 Å². The minimum Gasteiger partial charge on any atom is -0.355 e. The predicted octanol–water partition coefficient (Wildman–Crippen LogP) is 2.57. The van der Waals surface area contributed by atoms with Crippen LogP contribution in [0.5, 0.6) is 0 Å². The van der Waals surface area contributed by atoms with Gasteiger partial charge in [0.25, 0.3) is 0 Å². The lowest BCUT2D eigenvalue weighted by molar-refractivity contribution is -0.126. The summed E-state index contributed by atoms with van der Waals surface area (Å²) in [7, 11) is -3.67. The van der Waals surface area contributed by atoms with Gasteiger partial charge in [0, 0.05) is 76.4 Å². The number of rotatable bonds is 8. The summed E-state index contributed by atoms with van der Waals surface area (Å²) >= 11 is 0. The number of nitrogens with one attached hydrogen (secondary N) is 1. The number of sulfonamides is 1. The molecule has 0 spiro atoms. The molecule has 2 aliphatic heterocycles. The number of pyridine rings is 1. The van der Waals surface area contributed by atoms with Crippen molar-refractivity contribution in [2.75, 3.05) is 52.4 Å². The smallest absolute Gasteiger partial charge is 0.245 e. The Labute approximate surface area is 219 Å². The van der Waals surface area contributed by atoms with E-state index in [1.54, 1.807) is 24.4 Å². The first-order valence-corrected chi connectivity index (χ1v) is 14.5. The number of piperazine rings is 1. The Morgan fingerprint density at radius 2 is 1.57 bits per heavy atom. The van der Waals surface area contributed by atoms with E-state index < -0.39 is 10.0 Å². The average Bonchev–Trinajstić information content (AvgIpc) is 2.94. The Hall–Kier alpha value is -2.85. The van der Waals surface area contributed by atoms with Gasteiger partial charge in [-0.05, 0) is 30.5 Å². The fraction of sp³-hybridized carbons (Fsp3) is 0.429. The average molecular weight is 522 g/mol. The van der Waals surface area contributed by atoms with Crippen molar-refractivity contribution in [3.63, 3.8) is 0 Å². The second kappa shape index (κ2) is 11.7. The zero-order valence-electron chi connectivity index (χ0n) is 21.1. The SMILES string of the molecule is O=C(NCCN1CCN(Cc2ccccc2)CC1)C1CCN(S(=O)(=O)c2cccc3cccnc23)CC1. The Balaban J connectivity index is 1.05. The molecular weight excluding hydrogens is 486 g/mol. The molecule has 2 saturated heterocycles. The van der Waals surface area contributed by atoms with E-state index in [9.17, 15) is 13.2 Å². The van der Waals surface area contributed by atoms with E-state index in [2.05, 4.69) is 44.4 Å². The minimum absolute atomic E-state index is 0.0339. The first-order valence-electron chi connectivity index (χ1n) is 13.1. The summed E-state index contributed by atoms with van der Waals surface area (Å²) in [6, 6.07) is 19.4. The Morgan fingerprint density at radius 1 is 0.865 bits per heavy atom. The van der Waals surface area contributed by atoms with Crippen LogP contribution in [0.25, 0.3) is 10.9 Å². The first kappa shape index (κ1) is 25.8. The maximum Gasteiger partial charge on any atom is 0.245 e. The summed E-state index contributed by atoms with van der Waals surface area (Å²) < 4.78 is 28.1. The topological polar surface area (TPSA) is 85.9 Å². The summed E-state index contributed by atoms with van der Waals surface area (Å²) in [5.41, 5.74) is 1.83. The van der Waals surface area contributed by atoms with Gasteiger partial charge in [-0.25, -0.2) is 8.42 Å². The molecule has 3 heterocycles. The molecule has 5 rings (SSSR count). The number of amides is 1. The van der Waals surface area contributed by atoms with Crippen molar-refractivity contribution in [2.24, 2.45) is 5.92 Å². The lowest BCUT2D eigenvalue weighted by Crippen LogP contribution is -2.49. The lowest BCUT2D eigenvalue weighted by Gasteiger charge is -2.35. The number of piperidine rings is 1. The van der Waals surface area contributed by atoms with Gasteiger partial charge in [-0.3, -0.25) is 19.6 Å². The van der Waals surface area contributed by atoms with Crippen LogP contribution < -0.4 is 5.32 Å². The molecule has 9 heteroatoms. The normalized spacial score (nSPS) is 18.7. The van der Waals surface area contributed by atoms with Crippen LogP contribution in [-0.2, 0) is 21.4 Å². The number of nitrogens with zero attached hydrogens (tertiary/aromatic N) is 4. The largest absolute Gasteiger partial charge is 0.355 e. The Kier molecular flexibility index (Phi) is 8.14. The van der Waals surface area contributed by atoms with Crippen LogP contribution >= 0.6 is 0 Å². The summed E-state index contributed by atoms with van der Waals surface area (Å²) in [5.74, 6) is -0.119. The summed E-state index contributed by atoms with van der Waals surface area (Å²) in [4.78, 5) is 22.2. The van der Waals surface area contributed by atoms with Crippen molar-refractivity contribution in [2.45, 2.75) is 24.3 Å². The van der Waals surface area contributed by atoms with Crippen molar-refractivity contribution >= 4 is 26.8 Å². The third kappa shape index (κ3) is 6.18. The molecule has 8 nitrogen and oxygen atoms in total. The highest BCUT2D eigenvalue weighted by atomic mass is 32.2. The van der Waals surface area contributed by atoms with Crippen LogP contribution in [0.3, 0.4) is 0 Å². The second-order valence-electron chi connectivity index (χ2n) is 9.90. The Bertz CT molecular complexity index is 1300. The molecule has 0 unspecified atom stereocenters. The van der Waals surface area contributed by atoms with E-state index >= 15 is 0 Å². The van der Waals surface area contributed by atoms with Crippen LogP contribution in [0.15, 0.2) is 71.8 Å².